The Hall–Kier alpha value is -3.17. The van der Waals surface area contributed by atoms with Crippen LogP contribution in [0.3, 0.4) is 0 Å². The van der Waals surface area contributed by atoms with Crippen molar-refractivity contribution in [2.45, 2.75) is 13.5 Å². The summed E-state index contributed by atoms with van der Waals surface area (Å²) in [7, 11) is 1.53. The molecule has 0 aliphatic carbocycles. The Morgan fingerprint density at radius 2 is 1.89 bits per heavy atom. The molecule has 1 saturated heterocycles. The first-order chi connectivity index (χ1) is 13.5. The van der Waals surface area contributed by atoms with Gasteiger partial charge in [-0.2, -0.15) is 0 Å². The lowest BCUT2D eigenvalue weighted by molar-refractivity contribution is -0.123. The Morgan fingerprint density at radius 3 is 2.57 bits per heavy atom. The summed E-state index contributed by atoms with van der Waals surface area (Å²) in [4.78, 5) is 26.6. The van der Waals surface area contributed by atoms with E-state index >= 15 is 0 Å². The zero-order valence-electron chi connectivity index (χ0n) is 15.6. The van der Waals surface area contributed by atoms with Gasteiger partial charge in [0.25, 0.3) is 11.1 Å². The highest BCUT2D eigenvalue weighted by Crippen LogP contribution is 2.35. The number of ether oxygens (including phenoxy) is 2. The molecule has 2 amide bonds. The number of carbonyl (C=O) groups excluding carboxylic acids is 2. The number of aryl methyl sites for hydroxylation is 1. The Kier molecular flexibility index (Phi) is 6.07. The smallest absolute Gasteiger partial charge is 0.293 e. The minimum absolute atomic E-state index is 0.133. The molecule has 0 bridgehead atoms. The summed E-state index contributed by atoms with van der Waals surface area (Å²) < 4.78 is 10.7. The number of imide groups is 1. The lowest BCUT2D eigenvalue weighted by Gasteiger charge is -2.12. The number of hydrogen-bond acceptors (Lipinski definition) is 5. The molecular formula is C22H19NO4S. The summed E-state index contributed by atoms with van der Waals surface area (Å²) >= 11 is 0.931. The fourth-order valence-electron chi connectivity index (χ4n) is 2.68. The van der Waals surface area contributed by atoms with E-state index in [2.05, 4.69) is 5.92 Å². The van der Waals surface area contributed by atoms with E-state index in [-0.39, 0.29) is 24.3 Å². The molecule has 1 aliphatic heterocycles. The third-order valence-corrected chi connectivity index (χ3v) is 5.04. The molecule has 3 rings (SSSR count). The van der Waals surface area contributed by atoms with Crippen molar-refractivity contribution in [2.75, 3.05) is 13.7 Å². The van der Waals surface area contributed by atoms with Crippen LogP contribution in [0.1, 0.15) is 16.7 Å². The van der Waals surface area contributed by atoms with Crippen molar-refractivity contribution in [3.63, 3.8) is 0 Å². The van der Waals surface area contributed by atoms with E-state index in [1.54, 1.807) is 24.3 Å². The van der Waals surface area contributed by atoms with Crippen molar-refractivity contribution >= 4 is 29.0 Å². The van der Waals surface area contributed by atoms with Gasteiger partial charge >= 0.3 is 0 Å². The summed E-state index contributed by atoms with van der Waals surface area (Å²) in [5.74, 6) is 3.12. The highest BCUT2D eigenvalue weighted by molar-refractivity contribution is 8.18. The summed E-state index contributed by atoms with van der Waals surface area (Å²) in [5.41, 5.74) is 2.76. The molecular weight excluding hydrogens is 374 g/mol. The first kappa shape index (κ1) is 19.6. The second kappa shape index (κ2) is 8.68. The molecule has 2 aromatic rings. The van der Waals surface area contributed by atoms with Gasteiger partial charge in [0.2, 0.25) is 0 Å². The zero-order valence-corrected chi connectivity index (χ0v) is 16.4. The van der Waals surface area contributed by atoms with Crippen LogP contribution < -0.4 is 9.47 Å². The minimum Gasteiger partial charge on any atom is -0.493 e. The molecule has 6 heteroatoms. The second-order valence-electron chi connectivity index (χ2n) is 6.16. The van der Waals surface area contributed by atoms with Crippen LogP contribution in [0.5, 0.6) is 11.5 Å². The summed E-state index contributed by atoms with van der Waals surface area (Å²) in [6.45, 7) is 2.38. The van der Waals surface area contributed by atoms with Gasteiger partial charge in [0.1, 0.15) is 6.61 Å². The van der Waals surface area contributed by atoms with Crippen LogP contribution in [0.15, 0.2) is 47.4 Å². The molecule has 1 fully saturated rings. The average Bonchev–Trinajstić information content (AvgIpc) is 2.95. The first-order valence-electron chi connectivity index (χ1n) is 8.57. The van der Waals surface area contributed by atoms with E-state index in [4.69, 9.17) is 15.9 Å². The quantitative estimate of drug-likeness (QED) is 0.542. The number of methoxy groups -OCH3 is 1. The monoisotopic (exact) mass is 393 g/mol. The lowest BCUT2D eigenvalue weighted by atomic mass is 10.1. The fraction of sp³-hybridized carbons (Fsp3) is 0.182. The van der Waals surface area contributed by atoms with Crippen LogP contribution in [-0.2, 0) is 11.3 Å². The Morgan fingerprint density at radius 1 is 1.14 bits per heavy atom. The largest absolute Gasteiger partial charge is 0.493 e. The van der Waals surface area contributed by atoms with Gasteiger partial charge in [-0.05, 0) is 48.0 Å². The highest BCUT2D eigenvalue weighted by atomic mass is 32.2. The van der Waals surface area contributed by atoms with Gasteiger partial charge in [0.05, 0.1) is 18.6 Å². The van der Waals surface area contributed by atoms with Crippen LogP contribution in [-0.4, -0.2) is 29.8 Å². The van der Waals surface area contributed by atoms with Gasteiger partial charge in [-0.15, -0.1) is 6.42 Å². The number of terminal acetylenes is 1. The third-order valence-electron chi connectivity index (χ3n) is 4.13. The lowest BCUT2D eigenvalue weighted by Crippen LogP contribution is -2.27. The molecule has 0 saturated carbocycles. The third kappa shape index (κ3) is 4.38. The van der Waals surface area contributed by atoms with Gasteiger partial charge in [0, 0.05) is 0 Å². The Labute approximate surface area is 168 Å². The van der Waals surface area contributed by atoms with E-state index in [0.717, 1.165) is 28.5 Å². The molecule has 1 aliphatic rings. The number of carbonyl (C=O) groups is 2. The molecule has 142 valence electrons. The Balaban J connectivity index is 1.79. The Bertz CT molecular complexity index is 973. The maximum Gasteiger partial charge on any atom is 0.293 e. The molecule has 5 nitrogen and oxygen atoms in total. The van der Waals surface area contributed by atoms with Crippen LogP contribution in [0.4, 0.5) is 4.79 Å². The highest BCUT2D eigenvalue weighted by Gasteiger charge is 2.35. The summed E-state index contributed by atoms with van der Waals surface area (Å²) in [5, 5.41) is -0.280. The number of hydrogen-bond donors (Lipinski definition) is 0. The van der Waals surface area contributed by atoms with Crippen molar-refractivity contribution in [3.05, 3.63) is 64.1 Å². The van der Waals surface area contributed by atoms with Gasteiger partial charge < -0.3 is 9.47 Å². The van der Waals surface area contributed by atoms with Crippen molar-refractivity contribution < 1.29 is 19.1 Å². The number of thioether (sulfide) groups is 1. The molecule has 0 aromatic heterocycles. The standard InChI is InChI=1S/C22H19NO4S/c1-4-11-27-18-10-9-17(12-19(18)26-3)13-20-21(24)23(22(25)28-20)14-16-7-5-15(2)6-8-16/h1,5-10,12-13H,11,14H2,2-3H3/b20-13-. The molecule has 0 spiro atoms. The predicted molar refractivity (Wildman–Crippen MR) is 110 cm³/mol. The van der Waals surface area contributed by atoms with E-state index in [0.29, 0.717) is 16.4 Å². The first-order valence-corrected chi connectivity index (χ1v) is 9.38. The van der Waals surface area contributed by atoms with Crippen molar-refractivity contribution in [1.29, 1.82) is 0 Å². The SMILES string of the molecule is C#CCOc1ccc(/C=C2\SC(=O)N(Cc3ccc(C)cc3)C2=O)cc1OC. The van der Waals surface area contributed by atoms with Gasteiger partial charge in [0.15, 0.2) is 11.5 Å². The second-order valence-corrected chi connectivity index (χ2v) is 7.15. The number of rotatable bonds is 6. The van der Waals surface area contributed by atoms with Crippen LogP contribution >= 0.6 is 11.8 Å². The van der Waals surface area contributed by atoms with Crippen LogP contribution in [0.25, 0.3) is 6.08 Å². The molecule has 28 heavy (non-hydrogen) atoms. The number of nitrogens with zero attached hydrogens (tertiary/aromatic N) is 1. The summed E-state index contributed by atoms with van der Waals surface area (Å²) in [6.07, 6.45) is 6.88. The van der Waals surface area contributed by atoms with E-state index in [1.165, 1.54) is 12.0 Å². The van der Waals surface area contributed by atoms with E-state index in [1.807, 2.05) is 31.2 Å². The molecule has 0 N–H and O–H groups in total. The summed E-state index contributed by atoms with van der Waals surface area (Å²) in [6, 6.07) is 13.0. The van der Waals surface area contributed by atoms with E-state index < -0.39 is 0 Å². The molecule has 2 aromatic carbocycles. The molecule has 0 atom stereocenters. The maximum absolute atomic E-state index is 12.7. The van der Waals surface area contributed by atoms with Crippen molar-refractivity contribution in [1.82, 2.24) is 4.90 Å². The van der Waals surface area contributed by atoms with Crippen LogP contribution in [0, 0.1) is 19.3 Å². The molecule has 1 heterocycles. The van der Waals surface area contributed by atoms with Gasteiger partial charge in [-0.1, -0.05) is 41.8 Å². The van der Waals surface area contributed by atoms with Crippen molar-refractivity contribution in [2.24, 2.45) is 0 Å². The fourth-order valence-corrected chi connectivity index (χ4v) is 3.51. The minimum atomic E-state index is -0.304. The topological polar surface area (TPSA) is 55.8 Å². The van der Waals surface area contributed by atoms with E-state index in [9.17, 15) is 9.59 Å². The zero-order chi connectivity index (χ0) is 20.1. The van der Waals surface area contributed by atoms with Gasteiger partial charge in [-0.3, -0.25) is 14.5 Å². The number of amides is 2. The maximum atomic E-state index is 12.7. The predicted octanol–water partition coefficient (Wildman–Crippen LogP) is 4.25. The van der Waals surface area contributed by atoms with Crippen molar-refractivity contribution in [3.8, 4) is 23.8 Å². The normalized spacial score (nSPS) is 15.0. The number of benzene rings is 2. The van der Waals surface area contributed by atoms with Gasteiger partial charge in [-0.25, -0.2) is 0 Å². The average molecular weight is 393 g/mol. The van der Waals surface area contributed by atoms with Crippen LogP contribution in [0.2, 0.25) is 0 Å². The molecule has 0 unspecified atom stereocenters. The molecule has 0 radical (unpaired) electrons.